The molecular formula is C27H45NO5. The Labute approximate surface area is 200 Å². The largest absolute Gasteiger partial charge is 0.550 e. The van der Waals surface area contributed by atoms with E-state index in [4.69, 9.17) is 4.74 Å². The Morgan fingerprint density at radius 3 is 1.94 bits per heavy atom. The van der Waals surface area contributed by atoms with Crippen molar-refractivity contribution in [3.8, 4) is 0 Å². The lowest BCUT2D eigenvalue weighted by atomic mass is 10.1. The van der Waals surface area contributed by atoms with E-state index < -0.39 is 24.1 Å². The number of unbranched alkanes of at least 4 members (excludes halogenated alkanes) is 3. The molecule has 0 saturated heterocycles. The predicted octanol–water partition coefficient (Wildman–Crippen LogP) is 3.86. The van der Waals surface area contributed by atoms with Crippen LogP contribution in [-0.4, -0.2) is 61.4 Å². The van der Waals surface area contributed by atoms with Crippen molar-refractivity contribution in [1.29, 1.82) is 0 Å². The molecule has 0 aliphatic rings. The van der Waals surface area contributed by atoms with Gasteiger partial charge in [0.05, 0.1) is 33.7 Å². The van der Waals surface area contributed by atoms with Crippen molar-refractivity contribution in [2.75, 3.05) is 27.7 Å². The first kappa shape index (κ1) is 30.8. The zero-order valence-corrected chi connectivity index (χ0v) is 21.1. The van der Waals surface area contributed by atoms with E-state index >= 15 is 0 Å². The number of aliphatic hydroxyl groups is 1. The number of aliphatic hydroxyl groups excluding tert-OH is 1. The quantitative estimate of drug-likeness (QED) is 0.136. The van der Waals surface area contributed by atoms with Crippen LogP contribution in [0, 0.1) is 0 Å². The van der Waals surface area contributed by atoms with Crippen LogP contribution >= 0.6 is 0 Å². The van der Waals surface area contributed by atoms with Gasteiger partial charge in [0.25, 0.3) is 0 Å². The van der Waals surface area contributed by atoms with Crippen LogP contribution in [-0.2, 0) is 14.3 Å². The van der Waals surface area contributed by atoms with Crippen molar-refractivity contribution < 1.29 is 29.0 Å². The van der Waals surface area contributed by atoms with E-state index in [9.17, 15) is 19.8 Å². The fourth-order valence-corrected chi connectivity index (χ4v) is 3.15. The van der Waals surface area contributed by atoms with E-state index in [1.165, 1.54) is 25.7 Å². The highest BCUT2D eigenvalue weighted by atomic mass is 16.5. The van der Waals surface area contributed by atoms with Crippen LogP contribution in [0.15, 0.2) is 48.6 Å². The third-order valence-corrected chi connectivity index (χ3v) is 4.71. The van der Waals surface area contributed by atoms with Crippen LogP contribution in [0.1, 0.15) is 71.1 Å². The topological polar surface area (TPSA) is 86.7 Å². The molecule has 0 spiro atoms. The number of esters is 1. The van der Waals surface area contributed by atoms with Gasteiger partial charge in [0.2, 0.25) is 0 Å². The molecule has 0 heterocycles. The van der Waals surface area contributed by atoms with Gasteiger partial charge in [0, 0.05) is 12.4 Å². The summed E-state index contributed by atoms with van der Waals surface area (Å²) in [7, 11) is 5.65. The summed E-state index contributed by atoms with van der Waals surface area (Å²) in [4.78, 5) is 22.9. The number of nitrogens with zero attached hydrogens (tertiary/aromatic N) is 1. The third-order valence-electron chi connectivity index (χ3n) is 4.71. The summed E-state index contributed by atoms with van der Waals surface area (Å²) in [6, 6.07) is 0. The second kappa shape index (κ2) is 19.3. The number of carbonyl (C=O) groups excluding carboxylic acids is 2. The van der Waals surface area contributed by atoms with Gasteiger partial charge in [-0.25, -0.2) is 0 Å². The second-order valence-electron chi connectivity index (χ2n) is 9.34. The number of carboxylic acid groups (broad SMARTS) is 1. The molecule has 0 aliphatic carbocycles. The Morgan fingerprint density at radius 1 is 0.879 bits per heavy atom. The Hall–Kier alpha value is -2.18. The van der Waals surface area contributed by atoms with Gasteiger partial charge in [-0.05, 0) is 38.5 Å². The molecule has 0 amide bonds. The van der Waals surface area contributed by atoms with E-state index in [1.807, 2.05) is 33.3 Å². The fraction of sp³-hybridized carbons (Fsp3) is 0.630. The predicted molar refractivity (Wildman–Crippen MR) is 132 cm³/mol. The highest BCUT2D eigenvalue weighted by Crippen LogP contribution is 2.09. The number of aliphatic carboxylic acids is 1. The molecule has 0 aromatic carbocycles. The summed E-state index contributed by atoms with van der Waals surface area (Å²) in [6.07, 6.45) is 22.6. The number of hydrogen-bond donors (Lipinski definition) is 1. The molecule has 188 valence electrons. The molecule has 33 heavy (non-hydrogen) atoms. The number of hydrogen-bond acceptors (Lipinski definition) is 5. The van der Waals surface area contributed by atoms with Gasteiger partial charge in [0.15, 0.2) is 6.10 Å². The average Bonchev–Trinajstić information content (AvgIpc) is 2.68. The molecule has 6 heteroatoms. The summed E-state index contributed by atoms with van der Waals surface area (Å²) >= 11 is 0. The molecule has 2 atom stereocenters. The van der Waals surface area contributed by atoms with E-state index in [2.05, 4.69) is 43.4 Å². The fourth-order valence-electron chi connectivity index (χ4n) is 3.15. The number of carbonyl (C=O) groups is 2. The van der Waals surface area contributed by atoms with E-state index in [0.717, 1.165) is 19.3 Å². The molecule has 0 aliphatic heterocycles. The molecule has 6 nitrogen and oxygen atoms in total. The van der Waals surface area contributed by atoms with Crippen LogP contribution < -0.4 is 5.11 Å². The highest BCUT2D eigenvalue weighted by Gasteiger charge is 2.23. The van der Waals surface area contributed by atoms with Gasteiger partial charge in [-0.2, -0.15) is 0 Å². The smallest absolute Gasteiger partial charge is 0.308 e. The SMILES string of the molecule is CCCCC/C=C\C/C=C\C/C=C\C/C=C\CC(O)CC(=O)OC(CC(=O)[O-])C[N+](C)(C)C. The van der Waals surface area contributed by atoms with Gasteiger partial charge in [-0.15, -0.1) is 0 Å². The molecule has 0 radical (unpaired) electrons. The molecule has 0 saturated carbocycles. The lowest BCUT2D eigenvalue weighted by molar-refractivity contribution is -0.873. The standard InChI is InChI=1S/C27H45NO5/c1-5-6-7-8-9-10-11-12-13-14-15-16-17-18-19-20-24(29)21-27(32)33-25(22-26(30)31)23-28(2,3)4/h9-10,12-13,15-16,18-19,24-25,29H,5-8,11,14,17,20-23H2,1-4H3/b10-9-,13-12-,16-15-,19-18-. The van der Waals surface area contributed by atoms with Gasteiger partial charge in [-0.1, -0.05) is 68.4 Å². The normalized spacial score (nSPS) is 14.6. The summed E-state index contributed by atoms with van der Waals surface area (Å²) in [5, 5.41) is 20.9. The Balaban J connectivity index is 4.04. The van der Waals surface area contributed by atoms with E-state index in [-0.39, 0.29) is 12.8 Å². The van der Waals surface area contributed by atoms with Crippen molar-refractivity contribution in [3.05, 3.63) is 48.6 Å². The maximum atomic E-state index is 12.0. The minimum absolute atomic E-state index is 0.168. The molecule has 1 N–H and O–H groups in total. The number of ether oxygens (including phenoxy) is 1. The molecule has 0 bridgehead atoms. The number of likely N-dealkylation sites (N-methyl/N-ethyl adjacent to an activating group) is 1. The maximum Gasteiger partial charge on any atom is 0.308 e. The number of carboxylic acids is 1. The van der Waals surface area contributed by atoms with Crippen LogP contribution in [0.5, 0.6) is 0 Å². The van der Waals surface area contributed by atoms with Crippen LogP contribution in [0.2, 0.25) is 0 Å². The molecule has 0 aromatic heterocycles. The van der Waals surface area contributed by atoms with Crippen molar-refractivity contribution in [3.63, 3.8) is 0 Å². The minimum Gasteiger partial charge on any atom is -0.550 e. The van der Waals surface area contributed by atoms with Crippen LogP contribution in [0.25, 0.3) is 0 Å². The van der Waals surface area contributed by atoms with Gasteiger partial charge >= 0.3 is 5.97 Å². The first-order valence-electron chi connectivity index (χ1n) is 12.1. The first-order valence-corrected chi connectivity index (χ1v) is 12.1. The molecule has 2 unspecified atom stereocenters. The number of rotatable bonds is 19. The average molecular weight is 464 g/mol. The molecular weight excluding hydrogens is 418 g/mol. The number of allylic oxidation sites excluding steroid dienone is 7. The molecule has 0 rings (SSSR count). The zero-order valence-electron chi connectivity index (χ0n) is 21.1. The Bertz CT molecular complexity index is 643. The summed E-state index contributed by atoms with van der Waals surface area (Å²) in [5.74, 6) is -1.86. The van der Waals surface area contributed by atoms with Crippen molar-refractivity contribution >= 4 is 11.9 Å². The lowest BCUT2D eigenvalue weighted by Crippen LogP contribution is -2.45. The zero-order chi connectivity index (χ0) is 25.0. The molecule has 0 fully saturated rings. The monoisotopic (exact) mass is 463 g/mol. The second-order valence-corrected chi connectivity index (χ2v) is 9.34. The summed E-state index contributed by atoms with van der Waals surface area (Å²) in [6.45, 7) is 2.57. The lowest BCUT2D eigenvalue weighted by Gasteiger charge is -2.29. The van der Waals surface area contributed by atoms with E-state index in [0.29, 0.717) is 17.4 Å². The van der Waals surface area contributed by atoms with Crippen LogP contribution in [0.3, 0.4) is 0 Å². The summed E-state index contributed by atoms with van der Waals surface area (Å²) in [5.41, 5.74) is 0. The van der Waals surface area contributed by atoms with E-state index in [1.54, 1.807) is 0 Å². The Kier molecular flexibility index (Phi) is 18.0. The van der Waals surface area contributed by atoms with Crippen molar-refractivity contribution in [2.45, 2.75) is 83.3 Å². The first-order chi connectivity index (χ1) is 15.6. The minimum atomic E-state index is -1.26. The summed E-state index contributed by atoms with van der Waals surface area (Å²) < 4.78 is 5.71. The van der Waals surface area contributed by atoms with Gasteiger partial charge in [0.1, 0.15) is 6.54 Å². The molecule has 0 aromatic rings. The van der Waals surface area contributed by atoms with Crippen LogP contribution in [0.4, 0.5) is 0 Å². The van der Waals surface area contributed by atoms with Gasteiger partial charge in [-0.3, -0.25) is 4.79 Å². The third kappa shape index (κ3) is 22.8. The van der Waals surface area contributed by atoms with Crippen molar-refractivity contribution in [2.24, 2.45) is 0 Å². The van der Waals surface area contributed by atoms with Crippen molar-refractivity contribution in [1.82, 2.24) is 0 Å². The maximum absolute atomic E-state index is 12.0. The highest BCUT2D eigenvalue weighted by molar-refractivity contribution is 5.71. The van der Waals surface area contributed by atoms with Gasteiger partial charge < -0.3 is 24.2 Å². The Morgan fingerprint density at radius 2 is 1.42 bits per heavy atom. The number of quaternary nitrogens is 1.